The smallest absolute Gasteiger partial charge is 0.0233 e. The Balaban J connectivity index is 1.60. The second-order valence-electron chi connectivity index (χ2n) is 5.80. The molecule has 0 spiro atoms. The van der Waals surface area contributed by atoms with Gasteiger partial charge in [0.1, 0.15) is 0 Å². The molecule has 2 fully saturated rings. The van der Waals surface area contributed by atoms with Gasteiger partial charge in [-0.3, -0.25) is 4.90 Å². The number of benzene rings is 1. The van der Waals surface area contributed by atoms with E-state index < -0.39 is 0 Å². The molecule has 98 valence electrons. The summed E-state index contributed by atoms with van der Waals surface area (Å²) in [5.41, 5.74) is 3.00. The van der Waals surface area contributed by atoms with Gasteiger partial charge in [-0.2, -0.15) is 0 Å². The van der Waals surface area contributed by atoms with Gasteiger partial charge in [0.25, 0.3) is 0 Å². The topological polar surface area (TPSA) is 15.3 Å². The molecule has 0 saturated carbocycles. The van der Waals surface area contributed by atoms with Crippen molar-refractivity contribution in [2.45, 2.75) is 44.7 Å². The maximum atomic E-state index is 3.59. The zero-order valence-electron chi connectivity index (χ0n) is 11.2. The van der Waals surface area contributed by atoms with Crippen molar-refractivity contribution in [2.24, 2.45) is 0 Å². The fourth-order valence-corrected chi connectivity index (χ4v) is 3.27. The lowest BCUT2D eigenvalue weighted by Crippen LogP contribution is -2.23. The Labute approximate surface area is 110 Å². The van der Waals surface area contributed by atoms with E-state index in [9.17, 15) is 0 Å². The minimum atomic E-state index is 0.715. The molecular formula is C16H24N2. The van der Waals surface area contributed by atoms with Gasteiger partial charge in [0, 0.05) is 12.6 Å². The summed E-state index contributed by atoms with van der Waals surface area (Å²) in [4.78, 5) is 2.58. The van der Waals surface area contributed by atoms with E-state index in [1.165, 1.54) is 62.9 Å². The molecular weight excluding hydrogens is 220 g/mol. The fourth-order valence-electron chi connectivity index (χ4n) is 3.27. The summed E-state index contributed by atoms with van der Waals surface area (Å²) < 4.78 is 0. The highest BCUT2D eigenvalue weighted by Gasteiger charge is 2.15. The van der Waals surface area contributed by atoms with Crippen LogP contribution >= 0.6 is 0 Å². The van der Waals surface area contributed by atoms with Crippen molar-refractivity contribution in [2.75, 3.05) is 19.6 Å². The molecule has 2 nitrogen and oxygen atoms in total. The van der Waals surface area contributed by atoms with Gasteiger partial charge in [0.2, 0.25) is 0 Å². The summed E-state index contributed by atoms with van der Waals surface area (Å²) in [7, 11) is 0. The van der Waals surface area contributed by atoms with Crippen molar-refractivity contribution >= 4 is 0 Å². The Morgan fingerprint density at radius 1 is 1.11 bits per heavy atom. The van der Waals surface area contributed by atoms with E-state index in [-0.39, 0.29) is 0 Å². The van der Waals surface area contributed by atoms with Crippen LogP contribution in [-0.4, -0.2) is 30.6 Å². The summed E-state index contributed by atoms with van der Waals surface area (Å²) in [5, 5.41) is 3.59. The van der Waals surface area contributed by atoms with Crippen LogP contribution < -0.4 is 5.32 Å². The summed E-state index contributed by atoms with van der Waals surface area (Å²) in [6.45, 7) is 4.92. The molecule has 2 heteroatoms. The van der Waals surface area contributed by atoms with Crippen LogP contribution in [0.5, 0.6) is 0 Å². The Morgan fingerprint density at radius 3 is 2.72 bits per heavy atom. The number of hydrogen-bond acceptors (Lipinski definition) is 2. The predicted octanol–water partition coefficient (Wildman–Crippen LogP) is 2.58. The van der Waals surface area contributed by atoms with Crippen molar-refractivity contribution in [3.63, 3.8) is 0 Å². The zero-order chi connectivity index (χ0) is 12.2. The van der Waals surface area contributed by atoms with E-state index in [2.05, 4.69) is 34.5 Å². The fraction of sp³-hybridized carbons (Fsp3) is 0.625. The van der Waals surface area contributed by atoms with Gasteiger partial charge >= 0.3 is 0 Å². The Bertz CT molecular complexity index is 343. The third-order valence-corrected chi connectivity index (χ3v) is 4.24. The first-order valence-corrected chi connectivity index (χ1v) is 7.44. The second-order valence-corrected chi connectivity index (χ2v) is 5.80. The molecule has 0 radical (unpaired) electrons. The standard InChI is InChI=1S/C16H24N2/c1-2-10-18(9-1)13-15-6-3-5-14(11-15)12-16-7-4-8-17-16/h3,5-6,11,16-17H,1-2,4,7-10,12-13H2. The lowest BCUT2D eigenvalue weighted by atomic mass is 10.0. The number of nitrogens with one attached hydrogen (secondary N) is 1. The number of rotatable bonds is 4. The van der Waals surface area contributed by atoms with E-state index in [0.717, 1.165) is 6.54 Å². The van der Waals surface area contributed by atoms with E-state index in [0.29, 0.717) is 6.04 Å². The van der Waals surface area contributed by atoms with Crippen LogP contribution in [0.25, 0.3) is 0 Å². The lowest BCUT2D eigenvalue weighted by molar-refractivity contribution is 0.331. The molecule has 3 rings (SSSR count). The quantitative estimate of drug-likeness (QED) is 0.876. The molecule has 1 aromatic rings. The summed E-state index contributed by atoms with van der Waals surface area (Å²) in [5.74, 6) is 0. The van der Waals surface area contributed by atoms with Crippen LogP contribution in [0, 0.1) is 0 Å². The third kappa shape index (κ3) is 3.12. The summed E-state index contributed by atoms with van der Waals surface area (Å²) in [6.07, 6.45) is 6.65. The highest BCUT2D eigenvalue weighted by atomic mass is 15.1. The van der Waals surface area contributed by atoms with E-state index in [4.69, 9.17) is 0 Å². The number of likely N-dealkylation sites (tertiary alicyclic amines) is 1. The highest BCUT2D eigenvalue weighted by Crippen LogP contribution is 2.16. The predicted molar refractivity (Wildman–Crippen MR) is 75.7 cm³/mol. The molecule has 2 heterocycles. The highest BCUT2D eigenvalue weighted by molar-refractivity contribution is 5.24. The molecule has 1 aromatic carbocycles. The molecule has 1 N–H and O–H groups in total. The molecule has 1 atom stereocenters. The number of nitrogens with zero attached hydrogens (tertiary/aromatic N) is 1. The maximum absolute atomic E-state index is 3.59. The SMILES string of the molecule is c1cc(CC2CCCN2)cc(CN2CCCC2)c1. The average molecular weight is 244 g/mol. The Kier molecular flexibility index (Phi) is 3.96. The first kappa shape index (κ1) is 12.2. The van der Waals surface area contributed by atoms with Crippen molar-refractivity contribution in [3.8, 4) is 0 Å². The van der Waals surface area contributed by atoms with E-state index >= 15 is 0 Å². The van der Waals surface area contributed by atoms with Gasteiger partial charge in [0.15, 0.2) is 0 Å². The van der Waals surface area contributed by atoms with Gasteiger partial charge in [-0.15, -0.1) is 0 Å². The maximum Gasteiger partial charge on any atom is 0.0233 e. The van der Waals surface area contributed by atoms with Crippen LogP contribution in [0.3, 0.4) is 0 Å². The van der Waals surface area contributed by atoms with Crippen LogP contribution in [-0.2, 0) is 13.0 Å². The molecule has 1 unspecified atom stereocenters. The second kappa shape index (κ2) is 5.85. The van der Waals surface area contributed by atoms with Crippen LogP contribution in [0.1, 0.15) is 36.8 Å². The first-order chi connectivity index (χ1) is 8.90. The van der Waals surface area contributed by atoms with Crippen molar-refractivity contribution in [1.29, 1.82) is 0 Å². The monoisotopic (exact) mass is 244 g/mol. The van der Waals surface area contributed by atoms with Gasteiger partial charge in [0.05, 0.1) is 0 Å². The van der Waals surface area contributed by atoms with Crippen molar-refractivity contribution in [3.05, 3.63) is 35.4 Å². The van der Waals surface area contributed by atoms with Crippen LogP contribution in [0.15, 0.2) is 24.3 Å². The summed E-state index contributed by atoms with van der Waals surface area (Å²) in [6, 6.07) is 9.93. The largest absolute Gasteiger partial charge is 0.314 e. The minimum Gasteiger partial charge on any atom is -0.314 e. The summed E-state index contributed by atoms with van der Waals surface area (Å²) >= 11 is 0. The van der Waals surface area contributed by atoms with Crippen LogP contribution in [0.4, 0.5) is 0 Å². The molecule has 0 bridgehead atoms. The van der Waals surface area contributed by atoms with E-state index in [1.807, 2.05) is 0 Å². The molecule has 0 aromatic heterocycles. The van der Waals surface area contributed by atoms with Gasteiger partial charge < -0.3 is 5.32 Å². The van der Waals surface area contributed by atoms with E-state index in [1.54, 1.807) is 0 Å². The molecule has 2 saturated heterocycles. The van der Waals surface area contributed by atoms with Gasteiger partial charge in [-0.25, -0.2) is 0 Å². The van der Waals surface area contributed by atoms with Gasteiger partial charge in [-0.05, 0) is 62.9 Å². The minimum absolute atomic E-state index is 0.715. The molecule has 2 aliphatic heterocycles. The average Bonchev–Trinajstić information content (AvgIpc) is 3.03. The normalized spacial score (nSPS) is 24.8. The lowest BCUT2D eigenvalue weighted by Gasteiger charge is -2.16. The Morgan fingerprint density at radius 2 is 1.94 bits per heavy atom. The third-order valence-electron chi connectivity index (χ3n) is 4.24. The van der Waals surface area contributed by atoms with Crippen LogP contribution in [0.2, 0.25) is 0 Å². The molecule has 18 heavy (non-hydrogen) atoms. The van der Waals surface area contributed by atoms with Crippen molar-refractivity contribution < 1.29 is 0 Å². The Hall–Kier alpha value is -0.860. The first-order valence-electron chi connectivity index (χ1n) is 7.44. The zero-order valence-corrected chi connectivity index (χ0v) is 11.2. The number of hydrogen-bond donors (Lipinski definition) is 1. The van der Waals surface area contributed by atoms with Gasteiger partial charge in [-0.1, -0.05) is 24.3 Å². The van der Waals surface area contributed by atoms with Crippen molar-refractivity contribution in [1.82, 2.24) is 10.2 Å². The molecule has 0 amide bonds. The molecule has 2 aliphatic rings. The molecule has 0 aliphatic carbocycles.